The minimum Gasteiger partial charge on any atom is -0.379 e. The Labute approximate surface area is 137 Å². The second kappa shape index (κ2) is 5.09. The lowest BCUT2D eigenvalue weighted by Gasteiger charge is -2.73. The fraction of sp³-hybridized carbons (Fsp3) is 0.882. The molecule has 2 saturated heterocycles. The Morgan fingerprint density at radius 3 is 1.39 bits per heavy atom. The van der Waals surface area contributed by atoms with Crippen LogP contribution in [0.4, 0.5) is 0 Å². The van der Waals surface area contributed by atoms with Crippen molar-refractivity contribution in [3.05, 3.63) is 0 Å². The predicted molar refractivity (Wildman–Crippen MR) is 83.3 cm³/mol. The van der Waals surface area contributed by atoms with E-state index in [2.05, 4.69) is 23.6 Å². The topological polar surface area (TPSA) is 59.1 Å². The first-order chi connectivity index (χ1) is 11.0. The van der Waals surface area contributed by atoms with Crippen molar-refractivity contribution in [3.63, 3.8) is 0 Å². The molecule has 0 aromatic rings. The molecule has 23 heavy (non-hydrogen) atoms. The van der Waals surface area contributed by atoms with Crippen LogP contribution in [-0.2, 0) is 19.1 Å². The summed E-state index contributed by atoms with van der Waals surface area (Å²) in [6, 6.07) is 0. The van der Waals surface area contributed by atoms with Crippen LogP contribution in [0.2, 0.25) is 0 Å². The van der Waals surface area contributed by atoms with Gasteiger partial charge < -0.3 is 9.47 Å². The molecule has 1 spiro atoms. The van der Waals surface area contributed by atoms with Crippen molar-refractivity contribution in [2.24, 2.45) is 5.41 Å². The number of morpholine rings is 2. The van der Waals surface area contributed by atoms with Crippen LogP contribution in [0.3, 0.4) is 0 Å². The van der Waals surface area contributed by atoms with Crippen molar-refractivity contribution < 1.29 is 19.1 Å². The number of rotatable bonds is 2. The van der Waals surface area contributed by atoms with Gasteiger partial charge in [0.05, 0.1) is 26.4 Å². The Morgan fingerprint density at radius 1 is 0.739 bits per heavy atom. The van der Waals surface area contributed by atoms with Gasteiger partial charge >= 0.3 is 0 Å². The average Bonchev–Trinajstić information content (AvgIpc) is 2.55. The largest absolute Gasteiger partial charge is 0.379 e. The minimum atomic E-state index is -0.852. The zero-order valence-electron chi connectivity index (χ0n) is 14.1. The Hall–Kier alpha value is -0.820. The molecule has 0 aromatic carbocycles. The van der Waals surface area contributed by atoms with Crippen LogP contribution in [0.1, 0.15) is 26.7 Å². The molecular weight excluding hydrogens is 296 g/mol. The molecular formula is C17H26N2O4. The van der Waals surface area contributed by atoms with E-state index in [-0.39, 0.29) is 22.6 Å². The quantitative estimate of drug-likeness (QED) is 0.672. The van der Waals surface area contributed by atoms with E-state index < -0.39 is 5.41 Å². The molecule has 2 heterocycles. The third kappa shape index (κ3) is 1.73. The average molecular weight is 322 g/mol. The summed E-state index contributed by atoms with van der Waals surface area (Å²) in [6.45, 7) is 10.2. The molecule has 2 aliphatic carbocycles. The SMILES string of the molecule is CC1(N2CCOCC2)CC(=O)C12C(=O)CC2(C)N1CCOCC1. The van der Waals surface area contributed by atoms with Gasteiger partial charge in [-0.2, -0.15) is 0 Å². The van der Waals surface area contributed by atoms with Crippen molar-refractivity contribution in [1.29, 1.82) is 0 Å². The smallest absolute Gasteiger partial charge is 0.152 e. The molecule has 2 saturated carbocycles. The number of Topliss-reactive ketones (excluding diaryl/α,β-unsaturated/α-hetero) is 2. The summed E-state index contributed by atoms with van der Waals surface area (Å²) in [5.74, 6) is 0.272. The number of carbonyl (C=O) groups is 2. The van der Waals surface area contributed by atoms with Crippen molar-refractivity contribution >= 4 is 11.6 Å². The number of nitrogens with zero attached hydrogens (tertiary/aromatic N) is 2. The van der Waals surface area contributed by atoms with Gasteiger partial charge in [-0.3, -0.25) is 19.4 Å². The molecule has 0 bridgehead atoms. The number of hydrogen-bond donors (Lipinski definition) is 0. The first-order valence-corrected chi connectivity index (χ1v) is 8.69. The molecule has 6 nitrogen and oxygen atoms in total. The molecule has 2 unspecified atom stereocenters. The third-order valence-electron chi connectivity index (χ3n) is 6.88. The van der Waals surface area contributed by atoms with Gasteiger partial charge in [-0.25, -0.2) is 0 Å². The van der Waals surface area contributed by atoms with Gasteiger partial charge in [0.25, 0.3) is 0 Å². The summed E-state index contributed by atoms with van der Waals surface area (Å²) in [5.41, 5.74) is -1.58. The van der Waals surface area contributed by atoms with Crippen LogP contribution in [-0.4, -0.2) is 85.1 Å². The van der Waals surface area contributed by atoms with E-state index in [0.29, 0.717) is 39.3 Å². The molecule has 4 rings (SSSR count). The van der Waals surface area contributed by atoms with Crippen LogP contribution < -0.4 is 0 Å². The summed E-state index contributed by atoms with van der Waals surface area (Å²) in [6.07, 6.45) is 0.970. The minimum absolute atomic E-state index is 0.136. The van der Waals surface area contributed by atoms with Crippen LogP contribution in [0.5, 0.6) is 0 Å². The summed E-state index contributed by atoms with van der Waals surface area (Å²) < 4.78 is 10.9. The maximum absolute atomic E-state index is 12.8. The molecule has 2 atom stereocenters. The first kappa shape index (κ1) is 15.7. The summed E-state index contributed by atoms with van der Waals surface area (Å²) >= 11 is 0. The highest BCUT2D eigenvalue weighted by atomic mass is 16.5. The normalized spacial score (nSPS) is 45.8. The van der Waals surface area contributed by atoms with Gasteiger partial charge in [-0.05, 0) is 13.8 Å². The Kier molecular flexibility index (Phi) is 3.47. The second-order valence-electron chi connectivity index (χ2n) is 7.70. The van der Waals surface area contributed by atoms with E-state index >= 15 is 0 Å². The molecule has 0 radical (unpaired) electrons. The van der Waals surface area contributed by atoms with Crippen LogP contribution in [0.15, 0.2) is 0 Å². The zero-order valence-corrected chi connectivity index (χ0v) is 14.1. The van der Waals surface area contributed by atoms with E-state index in [1.165, 1.54) is 0 Å². The summed E-state index contributed by atoms with van der Waals surface area (Å²) in [7, 11) is 0. The summed E-state index contributed by atoms with van der Waals surface area (Å²) in [4.78, 5) is 30.3. The lowest BCUT2D eigenvalue weighted by atomic mass is 9.36. The highest BCUT2D eigenvalue weighted by Crippen LogP contribution is 2.66. The molecule has 4 aliphatic rings. The Bertz CT molecular complexity index is 491. The van der Waals surface area contributed by atoms with Gasteiger partial charge in [0, 0.05) is 50.1 Å². The molecule has 128 valence electrons. The second-order valence-corrected chi connectivity index (χ2v) is 7.70. The van der Waals surface area contributed by atoms with Gasteiger partial charge in [0.1, 0.15) is 5.41 Å². The fourth-order valence-electron chi connectivity index (χ4n) is 5.69. The van der Waals surface area contributed by atoms with Gasteiger partial charge in [-0.15, -0.1) is 0 Å². The van der Waals surface area contributed by atoms with Crippen LogP contribution in [0.25, 0.3) is 0 Å². The maximum Gasteiger partial charge on any atom is 0.152 e. The highest BCUT2D eigenvalue weighted by Gasteiger charge is 2.82. The predicted octanol–water partition coefficient (Wildman–Crippen LogP) is 0.100. The molecule has 2 aliphatic heterocycles. The Balaban J connectivity index is 1.70. The van der Waals surface area contributed by atoms with E-state index in [0.717, 1.165) is 26.2 Å². The van der Waals surface area contributed by atoms with Crippen LogP contribution >= 0.6 is 0 Å². The number of carbonyl (C=O) groups excluding carboxylic acids is 2. The monoisotopic (exact) mass is 322 g/mol. The fourth-order valence-corrected chi connectivity index (χ4v) is 5.69. The van der Waals surface area contributed by atoms with E-state index in [4.69, 9.17) is 9.47 Å². The van der Waals surface area contributed by atoms with Crippen molar-refractivity contribution in [2.75, 3.05) is 52.6 Å². The van der Waals surface area contributed by atoms with E-state index in [1.54, 1.807) is 0 Å². The molecule has 0 aromatic heterocycles. The Morgan fingerprint density at radius 2 is 1.09 bits per heavy atom. The van der Waals surface area contributed by atoms with Crippen molar-refractivity contribution in [1.82, 2.24) is 9.80 Å². The third-order valence-corrected chi connectivity index (χ3v) is 6.88. The van der Waals surface area contributed by atoms with Crippen LogP contribution in [0, 0.1) is 5.41 Å². The van der Waals surface area contributed by atoms with Gasteiger partial charge in [0.2, 0.25) is 0 Å². The lowest BCUT2D eigenvalue weighted by Crippen LogP contribution is -2.89. The van der Waals surface area contributed by atoms with E-state index in [1.807, 2.05) is 0 Å². The number of ketones is 2. The lowest BCUT2D eigenvalue weighted by molar-refractivity contribution is -0.228. The first-order valence-electron chi connectivity index (χ1n) is 8.69. The number of ether oxygens (including phenoxy) is 2. The standard InChI is InChI=1S/C17H26N2O4/c1-15(18-3-7-22-8-4-18)11-13(20)17(15)14(21)12-16(17,2)19-5-9-23-10-6-19/h3-12H2,1-2H3. The molecule has 0 amide bonds. The van der Waals surface area contributed by atoms with Crippen molar-refractivity contribution in [2.45, 2.75) is 37.8 Å². The number of hydrogen-bond acceptors (Lipinski definition) is 6. The maximum atomic E-state index is 12.8. The van der Waals surface area contributed by atoms with Crippen molar-refractivity contribution in [3.8, 4) is 0 Å². The molecule has 6 heteroatoms. The van der Waals surface area contributed by atoms with E-state index in [9.17, 15) is 9.59 Å². The zero-order chi connectivity index (χ0) is 16.3. The summed E-state index contributed by atoms with van der Waals surface area (Å²) in [5, 5.41) is 0. The van der Waals surface area contributed by atoms with Gasteiger partial charge in [0.15, 0.2) is 11.6 Å². The highest BCUT2D eigenvalue weighted by molar-refractivity contribution is 6.20. The van der Waals surface area contributed by atoms with Gasteiger partial charge in [-0.1, -0.05) is 0 Å². The molecule has 0 N–H and O–H groups in total. The molecule has 4 fully saturated rings.